The molecule has 0 fully saturated rings. The maximum Gasteiger partial charge on any atom is 0.325 e. The monoisotopic (exact) mass is 210 g/mol. The van der Waals surface area contributed by atoms with E-state index < -0.39 is 12.0 Å². The number of aromatic nitrogens is 2. The summed E-state index contributed by atoms with van der Waals surface area (Å²) >= 11 is 0. The number of anilines is 2. The highest BCUT2D eigenvalue weighted by atomic mass is 16.4. The van der Waals surface area contributed by atoms with E-state index in [1.54, 1.807) is 24.1 Å². The van der Waals surface area contributed by atoms with Crippen LogP contribution in [-0.2, 0) is 4.79 Å². The standard InChI is InChI=1S/C9H14N4O2/c1-6(8(14)15)11-7-4-5-10-9(12-7)13(2)3/h4-6H,1-3H3,(H,14,15)(H,10,11,12)/t6-/m0/s1. The molecule has 0 spiro atoms. The molecular formula is C9H14N4O2. The number of carboxylic acids is 1. The molecule has 15 heavy (non-hydrogen) atoms. The summed E-state index contributed by atoms with van der Waals surface area (Å²) in [6, 6.07) is 0.960. The highest BCUT2D eigenvalue weighted by Crippen LogP contribution is 2.08. The van der Waals surface area contributed by atoms with E-state index in [4.69, 9.17) is 5.11 Å². The molecule has 0 aliphatic rings. The van der Waals surface area contributed by atoms with Gasteiger partial charge >= 0.3 is 5.97 Å². The zero-order valence-corrected chi connectivity index (χ0v) is 8.93. The van der Waals surface area contributed by atoms with Gasteiger partial charge in [0, 0.05) is 20.3 Å². The number of hydrogen-bond acceptors (Lipinski definition) is 5. The molecule has 0 amide bonds. The zero-order valence-electron chi connectivity index (χ0n) is 8.93. The molecule has 82 valence electrons. The van der Waals surface area contributed by atoms with Crippen molar-refractivity contribution in [2.45, 2.75) is 13.0 Å². The molecule has 1 aromatic rings. The molecule has 0 radical (unpaired) electrons. The average Bonchev–Trinajstić information content (AvgIpc) is 2.18. The third-order valence-electron chi connectivity index (χ3n) is 1.78. The van der Waals surface area contributed by atoms with Gasteiger partial charge in [-0.05, 0) is 13.0 Å². The molecule has 2 N–H and O–H groups in total. The fourth-order valence-electron chi connectivity index (χ4n) is 0.928. The Morgan fingerprint density at radius 1 is 1.60 bits per heavy atom. The smallest absolute Gasteiger partial charge is 0.325 e. The van der Waals surface area contributed by atoms with E-state index in [9.17, 15) is 4.79 Å². The van der Waals surface area contributed by atoms with Gasteiger partial charge in [0.15, 0.2) is 0 Å². The van der Waals surface area contributed by atoms with Crippen molar-refractivity contribution in [2.24, 2.45) is 0 Å². The fourth-order valence-corrected chi connectivity index (χ4v) is 0.928. The van der Waals surface area contributed by atoms with Crippen molar-refractivity contribution < 1.29 is 9.90 Å². The van der Waals surface area contributed by atoms with Crippen molar-refractivity contribution >= 4 is 17.7 Å². The summed E-state index contributed by atoms with van der Waals surface area (Å²) in [6.07, 6.45) is 1.58. The molecular weight excluding hydrogens is 196 g/mol. The SMILES string of the molecule is C[C@H](Nc1ccnc(N(C)C)n1)C(=O)O. The van der Waals surface area contributed by atoms with E-state index in [0.29, 0.717) is 11.8 Å². The van der Waals surface area contributed by atoms with E-state index in [1.807, 2.05) is 14.1 Å². The number of hydrogen-bond donors (Lipinski definition) is 2. The van der Waals surface area contributed by atoms with Crippen molar-refractivity contribution in [1.29, 1.82) is 0 Å². The van der Waals surface area contributed by atoms with Gasteiger partial charge in [0.2, 0.25) is 5.95 Å². The maximum absolute atomic E-state index is 10.6. The summed E-state index contributed by atoms with van der Waals surface area (Å²) < 4.78 is 0. The first-order valence-electron chi connectivity index (χ1n) is 4.50. The van der Waals surface area contributed by atoms with Gasteiger partial charge in [-0.25, -0.2) is 4.98 Å². The lowest BCUT2D eigenvalue weighted by atomic mass is 10.3. The highest BCUT2D eigenvalue weighted by Gasteiger charge is 2.11. The second-order valence-corrected chi connectivity index (χ2v) is 3.34. The van der Waals surface area contributed by atoms with Crippen molar-refractivity contribution in [2.75, 3.05) is 24.3 Å². The van der Waals surface area contributed by atoms with Crippen molar-refractivity contribution in [1.82, 2.24) is 9.97 Å². The zero-order chi connectivity index (χ0) is 11.4. The van der Waals surface area contributed by atoms with Crippen LogP contribution in [0.5, 0.6) is 0 Å². The van der Waals surface area contributed by atoms with Crippen LogP contribution in [-0.4, -0.2) is 41.2 Å². The topological polar surface area (TPSA) is 78.4 Å². The molecule has 1 aromatic heterocycles. The normalized spacial score (nSPS) is 11.9. The average molecular weight is 210 g/mol. The van der Waals surface area contributed by atoms with Crippen molar-refractivity contribution in [3.63, 3.8) is 0 Å². The summed E-state index contributed by atoms with van der Waals surface area (Å²) in [7, 11) is 3.64. The van der Waals surface area contributed by atoms with Gasteiger partial charge in [-0.1, -0.05) is 0 Å². The summed E-state index contributed by atoms with van der Waals surface area (Å²) in [4.78, 5) is 20.5. The Labute approximate surface area is 88.0 Å². The number of carboxylic acid groups (broad SMARTS) is 1. The minimum Gasteiger partial charge on any atom is -0.480 e. The molecule has 0 aliphatic heterocycles. The quantitative estimate of drug-likeness (QED) is 0.750. The molecule has 1 atom stereocenters. The van der Waals surface area contributed by atoms with Crippen molar-refractivity contribution in [3.8, 4) is 0 Å². The molecule has 0 unspecified atom stereocenters. The number of aliphatic carboxylic acids is 1. The third kappa shape index (κ3) is 3.08. The van der Waals surface area contributed by atoms with E-state index >= 15 is 0 Å². The molecule has 0 aromatic carbocycles. The Morgan fingerprint density at radius 3 is 2.80 bits per heavy atom. The van der Waals surface area contributed by atoms with E-state index in [2.05, 4.69) is 15.3 Å². The first kappa shape index (κ1) is 11.2. The first-order chi connectivity index (χ1) is 7.00. The van der Waals surface area contributed by atoms with Crippen LogP contribution in [0.15, 0.2) is 12.3 Å². The molecule has 0 saturated heterocycles. The Bertz CT molecular complexity index is 354. The van der Waals surface area contributed by atoms with Gasteiger partial charge in [-0.3, -0.25) is 4.79 Å². The minimum atomic E-state index is -0.917. The summed E-state index contributed by atoms with van der Waals surface area (Å²) in [6.45, 7) is 1.56. The molecule has 0 saturated carbocycles. The van der Waals surface area contributed by atoms with Gasteiger partial charge in [0.1, 0.15) is 11.9 Å². The number of nitrogens with zero attached hydrogens (tertiary/aromatic N) is 3. The van der Waals surface area contributed by atoms with Crippen LogP contribution in [0.3, 0.4) is 0 Å². The van der Waals surface area contributed by atoms with Crippen LogP contribution >= 0.6 is 0 Å². The lowest BCUT2D eigenvalue weighted by molar-refractivity contribution is -0.137. The van der Waals surface area contributed by atoms with Gasteiger partial charge in [-0.15, -0.1) is 0 Å². The predicted octanol–water partition coefficient (Wildman–Crippen LogP) is 0.428. The summed E-state index contributed by atoms with van der Waals surface area (Å²) in [5.74, 6) is 0.126. The number of nitrogens with one attached hydrogen (secondary N) is 1. The molecule has 0 aliphatic carbocycles. The second-order valence-electron chi connectivity index (χ2n) is 3.34. The Kier molecular flexibility index (Phi) is 3.43. The highest BCUT2D eigenvalue weighted by molar-refractivity contribution is 5.76. The van der Waals surface area contributed by atoms with Crippen LogP contribution in [0.4, 0.5) is 11.8 Å². The Hall–Kier alpha value is -1.85. The number of carbonyl (C=O) groups is 1. The minimum absolute atomic E-state index is 0.503. The lowest BCUT2D eigenvalue weighted by Gasteiger charge is -2.13. The van der Waals surface area contributed by atoms with Gasteiger partial charge in [-0.2, -0.15) is 4.98 Å². The molecule has 1 heterocycles. The second kappa shape index (κ2) is 4.59. The predicted molar refractivity (Wildman–Crippen MR) is 57.1 cm³/mol. The largest absolute Gasteiger partial charge is 0.480 e. The molecule has 6 heteroatoms. The van der Waals surface area contributed by atoms with E-state index in [1.165, 1.54) is 0 Å². The van der Waals surface area contributed by atoms with E-state index in [0.717, 1.165) is 0 Å². The van der Waals surface area contributed by atoms with E-state index in [-0.39, 0.29) is 0 Å². The van der Waals surface area contributed by atoms with Crippen LogP contribution in [0.1, 0.15) is 6.92 Å². The summed E-state index contributed by atoms with van der Waals surface area (Å²) in [5.41, 5.74) is 0. The molecule has 6 nitrogen and oxygen atoms in total. The Balaban J connectivity index is 2.78. The molecule has 0 bridgehead atoms. The van der Waals surface area contributed by atoms with Crippen LogP contribution in [0.2, 0.25) is 0 Å². The van der Waals surface area contributed by atoms with Crippen LogP contribution in [0, 0.1) is 0 Å². The van der Waals surface area contributed by atoms with Gasteiger partial charge in [0.05, 0.1) is 0 Å². The third-order valence-corrected chi connectivity index (χ3v) is 1.78. The van der Waals surface area contributed by atoms with Crippen molar-refractivity contribution in [3.05, 3.63) is 12.3 Å². The van der Waals surface area contributed by atoms with Crippen LogP contribution < -0.4 is 10.2 Å². The lowest BCUT2D eigenvalue weighted by Crippen LogP contribution is -2.26. The maximum atomic E-state index is 10.6. The van der Waals surface area contributed by atoms with Gasteiger partial charge in [0.25, 0.3) is 0 Å². The fraction of sp³-hybridized carbons (Fsp3) is 0.444. The Morgan fingerprint density at radius 2 is 2.27 bits per heavy atom. The molecule has 1 rings (SSSR count). The first-order valence-corrected chi connectivity index (χ1v) is 4.50. The van der Waals surface area contributed by atoms with Gasteiger partial charge < -0.3 is 15.3 Å². The number of rotatable bonds is 4. The van der Waals surface area contributed by atoms with Crippen LogP contribution in [0.25, 0.3) is 0 Å². The summed E-state index contributed by atoms with van der Waals surface area (Å²) in [5, 5.41) is 11.5.